The first-order valence-corrected chi connectivity index (χ1v) is 8.83. The van der Waals surface area contributed by atoms with Gasteiger partial charge in [-0.2, -0.15) is 10.2 Å². The van der Waals surface area contributed by atoms with E-state index in [1.54, 1.807) is 0 Å². The third kappa shape index (κ3) is 3.72. The van der Waals surface area contributed by atoms with Gasteiger partial charge < -0.3 is 9.30 Å². The van der Waals surface area contributed by atoms with Crippen molar-refractivity contribution in [2.24, 2.45) is 10.2 Å². The first kappa shape index (κ1) is 17.0. The maximum absolute atomic E-state index is 4.67. The Kier molecular flexibility index (Phi) is 4.42. The quantitative estimate of drug-likeness (QED) is 0.435. The molecule has 2 aromatic heterocycles. The Morgan fingerprint density at radius 1 is 0.778 bits per heavy atom. The molecule has 4 rings (SSSR count). The molecule has 0 amide bonds. The smallest absolute Gasteiger partial charge is 0.137 e. The largest absolute Gasteiger partial charge is 0.378 e. The van der Waals surface area contributed by atoms with Crippen LogP contribution >= 0.6 is 0 Å². The van der Waals surface area contributed by atoms with Crippen molar-refractivity contribution >= 4 is 22.7 Å². The lowest BCUT2D eigenvalue weighted by Gasteiger charge is -2.11. The molecule has 2 aromatic carbocycles. The predicted molar refractivity (Wildman–Crippen MR) is 110 cm³/mol. The van der Waals surface area contributed by atoms with E-state index in [2.05, 4.69) is 43.7 Å². The molecule has 0 aliphatic heterocycles. The molecule has 0 aliphatic carbocycles. The summed E-state index contributed by atoms with van der Waals surface area (Å²) in [6.07, 6.45) is 4.13. The van der Waals surface area contributed by atoms with Crippen LogP contribution in [0.3, 0.4) is 0 Å². The highest BCUT2D eigenvalue weighted by molar-refractivity contribution is 5.64. The van der Waals surface area contributed by atoms with E-state index in [1.807, 2.05) is 74.9 Å². The molecule has 4 aromatic rings. The maximum atomic E-state index is 4.67. The van der Waals surface area contributed by atoms with Gasteiger partial charge >= 0.3 is 0 Å². The fraction of sp³-hybridized carbons (Fsp3) is 0.136. The SMILES string of the molecule is Cc1ccc2nc(-c3ccc(N=Nc4ccc(N(C)C)cc4)cc3)cn2c1. The Hall–Kier alpha value is -3.47. The summed E-state index contributed by atoms with van der Waals surface area (Å²) in [5, 5.41) is 8.64. The summed E-state index contributed by atoms with van der Waals surface area (Å²) in [5.74, 6) is 0. The molecule has 0 bridgehead atoms. The number of anilines is 1. The number of hydrogen-bond acceptors (Lipinski definition) is 4. The Labute approximate surface area is 158 Å². The highest BCUT2D eigenvalue weighted by atomic mass is 15.1. The fourth-order valence-electron chi connectivity index (χ4n) is 2.87. The zero-order valence-corrected chi connectivity index (χ0v) is 15.7. The average Bonchev–Trinajstić information content (AvgIpc) is 3.10. The summed E-state index contributed by atoms with van der Waals surface area (Å²) in [6.45, 7) is 2.08. The second-order valence-corrected chi connectivity index (χ2v) is 6.76. The maximum Gasteiger partial charge on any atom is 0.137 e. The van der Waals surface area contributed by atoms with E-state index in [9.17, 15) is 0 Å². The first-order valence-electron chi connectivity index (χ1n) is 8.83. The van der Waals surface area contributed by atoms with Gasteiger partial charge in [0.25, 0.3) is 0 Å². The lowest BCUT2D eigenvalue weighted by atomic mass is 10.1. The minimum absolute atomic E-state index is 0.815. The number of aryl methyl sites for hydroxylation is 1. The molecular weight excluding hydrogens is 334 g/mol. The molecule has 0 spiro atoms. The van der Waals surface area contributed by atoms with Crippen molar-refractivity contribution in [1.82, 2.24) is 9.38 Å². The van der Waals surface area contributed by atoms with Gasteiger partial charge in [0.1, 0.15) is 5.65 Å². The Bertz CT molecular complexity index is 1090. The van der Waals surface area contributed by atoms with E-state index >= 15 is 0 Å². The van der Waals surface area contributed by atoms with Crippen molar-refractivity contribution in [3.63, 3.8) is 0 Å². The molecule has 5 heteroatoms. The number of aromatic nitrogens is 2. The minimum Gasteiger partial charge on any atom is -0.378 e. The lowest BCUT2D eigenvalue weighted by molar-refractivity contribution is 1.13. The molecule has 0 aliphatic rings. The Morgan fingerprint density at radius 2 is 1.41 bits per heavy atom. The summed E-state index contributed by atoms with van der Waals surface area (Å²) in [5.41, 5.74) is 6.95. The highest BCUT2D eigenvalue weighted by Gasteiger charge is 2.04. The van der Waals surface area contributed by atoms with E-state index < -0.39 is 0 Å². The van der Waals surface area contributed by atoms with Crippen LogP contribution in [0.15, 0.2) is 83.3 Å². The van der Waals surface area contributed by atoms with Crippen molar-refractivity contribution in [3.8, 4) is 11.3 Å². The third-order valence-electron chi connectivity index (χ3n) is 4.41. The van der Waals surface area contributed by atoms with Crippen molar-refractivity contribution in [3.05, 3.63) is 78.6 Å². The van der Waals surface area contributed by atoms with Gasteiger partial charge in [-0.15, -0.1) is 0 Å². The molecular formula is C22H21N5. The first-order chi connectivity index (χ1) is 13.1. The van der Waals surface area contributed by atoms with Crippen LogP contribution in [0.5, 0.6) is 0 Å². The average molecular weight is 355 g/mol. The molecule has 0 fully saturated rings. The molecule has 0 unspecified atom stereocenters. The van der Waals surface area contributed by atoms with E-state index in [4.69, 9.17) is 0 Å². The van der Waals surface area contributed by atoms with E-state index in [-0.39, 0.29) is 0 Å². The van der Waals surface area contributed by atoms with Crippen LogP contribution in [-0.2, 0) is 0 Å². The van der Waals surface area contributed by atoms with Gasteiger partial charge in [-0.3, -0.25) is 0 Å². The van der Waals surface area contributed by atoms with Gasteiger partial charge in [0.2, 0.25) is 0 Å². The minimum atomic E-state index is 0.815. The molecule has 27 heavy (non-hydrogen) atoms. The lowest BCUT2D eigenvalue weighted by Crippen LogP contribution is -2.07. The second-order valence-electron chi connectivity index (χ2n) is 6.76. The van der Waals surface area contributed by atoms with Gasteiger partial charge in [-0.25, -0.2) is 4.98 Å². The molecule has 0 saturated heterocycles. The van der Waals surface area contributed by atoms with Crippen molar-refractivity contribution in [2.75, 3.05) is 19.0 Å². The number of azo groups is 1. The number of pyridine rings is 1. The van der Waals surface area contributed by atoms with Gasteiger partial charge in [0.15, 0.2) is 0 Å². The van der Waals surface area contributed by atoms with Crippen LogP contribution in [-0.4, -0.2) is 23.5 Å². The number of nitrogens with zero attached hydrogens (tertiary/aromatic N) is 5. The molecule has 2 heterocycles. The monoisotopic (exact) mass is 355 g/mol. The highest BCUT2D eigenvalue weighted by Crippen LogP contribution is 2.25. The van der Waals surface area contributed by atoms with Crippen LogP contribution in [0.4, 0.5) is 17.1 Å². The van der Waals surface area contributed by atoms with Crippen LogP contribution in [0, 0.1) is 6.92 Å². The van der Waals surface area contributed by atoms with Crippen LogP contribution in [0.2, 0.25) is 0 Å². The molecule has 0 atom stereocenters. The standard InChI is InChI=1S/C22H21N5/c1-16-4-13-22-23-21(15-27(22)14-16)17-5-7-18(8-6-17)24-25-19-9-11-20(12-10-19)26(2)3/h4-15H,1-3H3. The summed E-state index contributed by atoms with van der Waals surface area (Å²) in [6, 6.07) is 20.1. The topological polar surface area (TPSA) is 45.3 Å². The zero-order chi connectivity index (χ0) is 18.8. The summed E-state index contributed by atoms with van der Waals surface area (Å²) in [4.78, 5) is 6.73. The van der Waals surface area contributed by atoms with Crippen LogP contribution in [0.1, 0.15) is 5.56 Å². The second kappa shape index (κ2) is 7.03. The summed E-state index contributed by atoms with van der Waals surface area (Å²) in [7, 11) is 4.03. The van der Waals surface area contributed by atoms with E-state index in [0.717, 1.165) is 34.0 Å². The number of hydrogen-bond donors (Lipinski definition) is 0. The van der Waals surface area contributed by atoms with E-state index in [0.29, 0.717) is 0 Å². The van der Waals surface area contributed by atoms with Crippen molar-refractivity contribution in [1.29, 1.82) is 0 Å². The van der Waals surface area contributed by atoms with Gasteiger partial charge in [0, 0.05) is 37.7 Å². The van der Waals surface area contributed by atoms with Gasteiger partial charge in [0.05, 0.1) is 17.1 Å². The summed E-state index contributed by atoms with van der Waals surface area (Å²) < 4.78 is 2.05. The Balaban J connectivity index is 1.52. The van der Waals surface area contributed by atoms with E-state index in [1.165, 1.54) is 5.56 Å². The van der Waals surface area contributed by atoms with Crippen LogP contribution in [0.25, 0.3) is 16.9 Å². The van der Waals surface area contributed by atoms with Gasteiger partial charge in [-0.1, -0.05) is 18.2 Å². The van der Waals surface area contributed by atoms with Gasteiger partial charge in [-0.05, 0) is 55.0 Å². The molecule has 0 radical (unpaired) electrons. The predicted octanol–water partition coefficient (Wildman–Crippen LogP) is 5.79. The molecule has 0 N–H and O–H groups in total. The summed E-state index contributed by atoms with van der Waals surface area (Å²) >= 11 is 0. The third-order valence-corrected chi connectivity index (χ3v) is 4.41. The molecule has 134 valence electrons. The van der Waals surface area contributed by atoms with Crippen molar-refractivity contribution in [2.45, 2.75) is 6.92 Å². The van der Waals surface area contributed by atoms with Crippen LogP contribution < -0.4 is 4.90 Å². The Morgan fingerprint density at radius 3 is 2.04 bits per heavy atom. The zero-order valence-electron chi connectivity index (χ0n) is 15.7. The number of rotatable bonds is 4. The number of imidazole rings is 1. The number of benzene rings is 2. The van der Waals surface area contributed by atoms with Crippen molar-refractivity contribution < 1.29 is 0 Å². The molecule has 0 saturated carbocycles. The normalized spacial score (nSPS) is 11.4. The number of fused-ring (bicyclic) bond motifs is 1. The fourth-order valence-corrected chi connectivity index (χ4v) is 2.87. The molecule has 5 nitrogen and oxygen atoms in total.